The van der Waals surface area contributed by atoms with Crippen molar-refractivity contribution < 1.29 is 42.8 Å². The Morgan fingerprint density at radius 1 is 1.11 bits per heavy atom. The zero-order chi connectivity index (χ0) is 26.8. The van der Waals surface area contributed by atoms with Crippen molar-refractivity contribution in [3.05, 3.63) is 64.0 Å². The first kappa shape index (κ1) is 27.8. The number of ether oxygens (including phenoxy) is 6. The molecule has 0 amide bonds. The van der Waals surface area contributed by atoms with Crippen LogP contribution in [0.4, 0.5) is 0 Å². The fourth-order valence-corrected chi connectivity index (χ4v) is 3.75. The molecule has 1 aromatic heterocycles. The molecule has 1 aliphatic rings. The van der Waals surface area contributed by atoms with Crippen LogP contribution in [0.5, 0.6) is 11.5 Å². The largest absolute Gasteiger partial charge is 0.469 e. The molecule has 0 bridgehead atoms. The van der Waals surface area contributed by atoms with Crippen LogP contribution in [-0.2, 0) is 36.8 Å². The fraction of sp³-hybridized carbons (Fsp3) is 0.407. The molecule has 2 aromatic rings. The maximum Gasteiger partial charge on any atom is 0.343 e. The molecule has 0 saturated carbocycles. The number of allylic oxidation sites excluding steroid dienone is 2. The van der Waals surface area contributed by atoms with Gasteiger partial charge in [0.15, 0.2) is 6.79 Å². The number of carbonyl (C=O) groups is 3. The van der Waals surface area contributed by atoms with E-state index >= 15 is 0 Å². The Labute approximate surface area is 215 Å². The Kier molecular flexibility index (Phi) is 10.2. The summed E-state index contributed by atoms with van der Waals surface area (Å²) in [7, 11) is 2.90. The van der Waals surface area contributed by atoms with E-state index in [1.165, 1.54) is 19.5 Å². The van der Waals surface area contributed by atoms with E-state index < -0.39 is 11.9 Å². The number of benzene rings is 1. The second-order valence-electron chi connectivity index (χ2n) is 8.31. The molecule has 2 heterocycles. The zero-order valence-electron chi connectivity index (χ0n) is 21.5. The van der Waals surface area contributed by atoms with E-state index in [0.29, 0.717) is 41.9 Å². The highest BCUT2D eigenvalue weighted by atomic mass is 16.7. The number of fused-ring (bicyclic) bond motifs is 1. The van der Waals surface area contributed by atoms with E-state index in [1.807, 2.05) is 13.0 Å². The number of cyclic esters (lactones) is 1. The maximum atomic E-state index is 13.0. The Hall–Kier alpha value is -3.76. The lowest BCUT2D eigenvalue weighted by atomic mass is 9.94. The molecule has 37 heavy (non-hydrogen) atoms. The number of hydrogen-bond donors (Lipinski definition) is 0. The van der Waals surface area contributed by atoms with Crippen molar-refractivity contribution in [1.29, 1.82) is 0 Å². The van der Waals surface area contributed by atoms with E-state index in [1.54, 1.807) is 26.2 Å². The number of aromatic nitrogens is 1. The van der Waals surface area contributed by atoms with Gasteiger partial charge < -0.3 is 28.4 Å². The van der Waals surface area contributed by atoms with Gasteiger partial charge in [0, 0.05) is 37.1 Å². The fourth-order valence-electron chi connectivity index (χ4n) is 3.75. The van der Waals surface area contributed by atoms with Gasteiger partial charge in [-0.1, -0.05) is 11.6 Å². The SMILES string of the molecule is COCCOCOc1c(C/C=C(\C)CCC(=O)OC)c(OC(=O)c2ccncc2)c(C)c2c1C(=O)OC2. The third kappa shape index (κ3) is 7.14. The van der Waals surface area contributed by atoms with Crippen molar-refractivity contribution in [1.82, 2.24) is 4.98 Å². The Morgan fingerprint density at radius 2 is 1.86 bits per heavy atom. The number of rotatable bonds is 13. The van der Waals surface area contributed by atoms with Gasteiger partial charge in [-0.2, -0.15) is 0 Å². The van der Waals surface area contributed by atoms with Crippen molar-refractivity contribution in [3.63, 3.8) is 0 Å². The zero-order valence-corrected chi connectivity index (χ0v) is 21.5. The molecule has 0 unspecified atom stereocenters. The van der Waals surface area contributed by atoms with Gasteiger partial charge in [-0.05, 0) is 44.4 Å². The van der Waals surface area contributed by atoms with Crippen LogP contribution in [-0.4, -0.2) is 57.1 Å². The number of nitrogens with zero attached hydrogens (tertiary/aromatic N) is 1. The lowest BCUT2D eigenvalue weighted by Crippen LogP contribution is -2.15. The Morgan fingerprint density at radius 3 is 2.57 bits per heavy atom. The van der Waals surface area contributed by atoms with Crippen molar-refractivity contribution in [2.24, 2.45) is 0 Å². The summed E-state index contributed by atoms with van der Waals surface area (Å²) in [4.78, 5) is 41.2. The number of carbonyl (C=O) groups excluding carboxylic acids is 3. The molecule has 0 fully saturated rings. The predicted molar refractivity (Wildman–Crippen MR) is 132 cm³/mol. The van der Waals surface area contributed by atoms with Gasteiger partial charge in [0.2, 0.25) is 0 Å². The van der Waals surface area contributed by atoms with Crippen LogP contribution in [0.25, 0.3) is 0 Å². The molecule has 198 valence electrons. The van der Waals surface area contributed by atoms with Crippen LogP contribution < -0.4 is 9.47 Å². The second kappa shape index (κ2) is 13.5. The summed E-state index contributed by atoms with van der Waals surface area (Å²) in [6, 6.07) is 3.10. The van der Waals surface area contributed by atoms with Crippen molar-refractivity contribution >= 4 is 17.9 Å². The summed E-state index contributed by atoms with van der Waals surface area (Å²) in [6.45, 7) is 4.21. The van der Waals surface area contributed by atoms with Crippen LogP contribution >= 0.6 is 0 Å². The van der Waals surface area contributed by atoms with Gasteiger partial charge in [-0.15, -0.1) is 0 Å². The first-order chi connectivity index (χ1) is 17.9. The van der Waals surface area contributed by atoms with E-state index in [9.17, 15) is 14.4 Å². The molecule has 0 radical (unpaired) electrons. The number of hydrogen-bond acceptors (Lipinski definition) is 10. The quantitative estimate of drug-likeness (QED) is 0.129. The molecule has 0 aliphatic carbocycles. The molecule has 1 aromatic carbocycles. The molecule has 0 saturated heterocycles. The lowest BCUT2D eigenvalue weighted by molar-refractivity contribution is -0.140. The number of esters is 3. The van der Waals surface area contributed by atoms with Crippen LogP contribution in [0.3, 0.4) is 0 Å². The van der Waals surface area contributed by atoms with Crippen LogP contribution in [0.15, 0.2) is 36.2 Å². The van der Waals surface area contributed by atoms with Gasteiger partial charge in [-0.3, -0.25) is 9.78 Å². The molecule has 0 atom stereocenters. The van der Waals surface area contributed by atoms with Gasteiger partial charge >= 0.3 is 17.9 Å². The van der Waals surface area contributed by atoms with Crippen molar-refractivity contribution in [2.75, 3.05) is 34.2 Å². The van der Waals surface area contributed by atoms with E-state index in [2.05, 4.69) is 4.98 Å². The average molecular weight is 514 g/mol. The highest BCUT2D eigenvalue weighted by Crippen LogP contribution is 2.43. The van der Waals surface area contributed by atoms with Crippen LogP contribution in [0.2, 0.25) is 0 Å². The highest BCUT2D eigenvalue weighted by molar-refractivity contribution is 5.99. The minimum atomic E-state index is -0.578. The highest BCUT2D eigenvalue weighted by Gasteiger charge is 2.34. The molecule has 0 N–H and O–H groups in total. The van der Waals surface area contributed by atoms with Crippen molar-refractivity contribution in [3.8, 4) is 11.5 Å². The minimum Gasteiger partial charge on any atom is -0.469 e. The topological polar surface area (TPSA) is 119 Å². The van der Waals surface area contributed by atoms with E-state index in [-0.39, 0.29) is 49.3 Å². The Balaban J connectivity index is 2.02. The van der Waals surface area contributed by atoms with Crippen LogP contribution in [0, 0.1) is 6.92 Å². The lowest BCUT2D eigenvalue weighted by Gasteiger charge is -2.20. The van der Waals surface area contributed by atoms with Gasteiger partial charge in [0.05, 0.1) is 25.9 Å². The summed E-state index contributed by atoms with van der Waals surface area (Å²) in [5.41, 5.74) is 3.21. The average Bonchev–Trinajstić information content (AvgIpc) is 3.30. The van der Waals surface area contributed by atoms with Crippen molar-refractivity contribution in [2.45, 2.75) is 39.7 Å². The molecule has 1 aliphatic heterocycles. The second-order valence-corrected chi connectivity index (χ2v) is 8.31. The Bertz CT molecular complexity index is 1160. The minimum absolute atomic E-state index is 0.0367. The first-order valence-corrected chi connectivity index (χ1v) is 11.8. The molecule has 0 spiro atoms. The maximum absolute atomic E-state index is 13.0. The predicted octanol–water partition coefficient (Wildman–Crippen LogP) is 3.72. The summed E-state index contributed by atoms with van der Waals surface area (Å²) in [6.07, 6.45) is 5.88. The van der Waals surface area contributed by atoms with E-state index in [4.69, 9.17) is 28.4 Å². The van der Waals surface area contributed by atoms with Crippen LogP contribution in [0.1, 0.15) is 57.2 Å². The third-order valence-corrected chi connectivity index (χ3v) is 5.86. The summed E-state index contributed by atoms with van der Waals surface area (Å²) in [5.74, 6) is -0.902. The molecular weight excluding hydrogens is 482 g/mol. The summed E-state index contributed by atoms with van der Waals surface area (Å²) >= 11 is 0. The van der Waals surface area contributed by atoms with Gasteiger partial charge in [0.1, 0.15) is 23.7 Å². The van der Waals surface area contributed by atoms with Gasteiger partial charge in [-0.25, -0.2) is 9.59 Å². The third-order valence-electron chi connectivity index (χ3n) is 5.86. The molecule has 10 heteroatoms. The summed E-state index contributed by atoms with van der Waals surface area (Å²) in [5, 5.41) is 0. The smallest absolute Gasteiger partial charge is 0.343 e. The van der Waals surface area contributed by atoms with E-state index in [0.717, 1.165) is 5.57 Å². The molecule has 10 nitrogen and oxygen atoms in total. The monoisotopic (exact) mass is 513 g/mol. The normalized spacial score (nSPS) is 12.6. The number of methoxy groups -OCH3 is 2. The van der Waals surface area contributed by atoms with Gasteiger partial charge in [0.25, 0.3) is 0 Å². The molecular formula is C27H31NO9. The standard InChI is InChI=1S/C27H31NO9/c1-17(6-8-22(29)33-4)5-7-20-24(37-26(30)19-9-11-28-12-10-19)18(2)21-15-35-27(31)23(21)25(20)36-16-34-14-13-32-3/h5,9-12H,6-8,13-16H2,1-4H3/b17-5+. The molecule has 3 rings (SSSR count). The summed E-state index contributed by atoms with van der Waals surface area (Å²) < 4.78 is 32.3. The first-order valence-electron chi connectivity index (χ1n) is 11.8. The number of pyridine rings is 1.